The molecule has 0 N–H and O–H groups in total. The van der Waals surface area contributed by atoms with Crippen molar-refractivity contribution in [2.75, 3.05) is 11.4 Å². The van der Waals surface area contributed by atoms with E-state index in [1.165, 1.54) is 11.3 Å². The summed E-state index contributed by atoms with van der Waals surface area (Å²) in [6, 6.07) is 18.1. The minimum absolute atomic E-state index is 0.0358. The number of sulfonamides is 1. The smallest absolute Gasteiger partial charge is 0.260 e. The number of hydrogen-bond donors (Lipinski definition) is 0. The third-order valence-electron chi connectivity index (χ3n) is 7.58. The van der Waals surface area contributed by atoms with E-state index in [1.807, 2.05) is 37.3 Å². The molecule has 7 nitrogen and oxygen atoms in total. The number of aromatic nitrogens is 2. The van der Waals surface area contributed by atoms with Crippen molar-refractivity contribution in [3.8, 4) is 0 Å². The summed E-state index contributed by atoms with van der Waals surface area (Å²) in [7, 11) is -3.66. The van der Waals surface area contributed by atoms with Crippen LogP contribution >= 0.6 is 11.3 Å². The van der Waals surface area contributed by atoms with Gasteiger partial charge in [-0.15, -0.1) is 0 Å². The van der Waals surface area contributed by atoms with E-state index in [0.29, 0.717) is 23.2 Å². The van der Waals surface area contributed by atoms with Crippen LogP contribution in [-0.4, -0.2) is 41.2 Å². The van der Waals surface area contributed by atoms with Crippen LogP contribution in [0.1, 0.15) is 80.4 Å². The minimum Gasteiger partial charge on any atom is -0.278 e. The summed E-state index contributed by atoms with van der Waals surface area (Å²) in [5.74, 6) is 0.0452. The van der Waals surface area contributed by atoms with Gasteiger partial charge in [-0.3, -0.25) is 14.7 Å². The van der Waals surface area contributed by atoms with Crippen LogP contribution in [0.2, 0.25) is 0 Å². The van der Waals surface area contributed by atoms with Crippen LogP contribution < -0.4 is 4.90 Å². The average molecular weight is 577 g/mol. The molecule has 1 fully saturated rings. The fourth-order valence-corrected chi connectivity index (χ4v) is 8.17. The van der Waals surface area contributed by atoms with Crippen molar-refractivity contribution in [1.29, 1.82) is 0 Å². The predicted molar refractivity (Wildman–Crippen MR) is 161 cm³/mol. The second-order valence-electron chi connectivity index (χ2n) is 10.6. The van der Waals surface area contributed by atoms with Crippen molar-refractivity contribution in [2.45, 2.75) is 76.3 Å². The lowest BCUT2D eigenvalue weighted by Crippen LogP contribution is -2.41. The summed E-state index contributed by atoms with van der Waals surface area (Å²) in [6.07, 6.45) is 6.77. The van der Waals surface area contributed by atoms with E-state index < -0.39 is 10.0 Å². The Balaban J connectivity index is 1.47. The topological polar surface area (TPSA) is 83.5 Å². The van der Waals surface area contributed by atoms with Gasteiger partial charge < -0.3 is 0 Å². The molecule has 0 bridgehead atoms. The molecule has 2 aromatic heterocycles. The van der Waals surface area contributed by atoms with Crippen molar-refractivity contribution < 1.29 is 13.2 Å². The Morgan fingerprint density at radius 3 is 2.40 bits per heavy atom. The standard InChI is InChI=1S/C31H36N4O3S2/c1-4-35(25-12-6-5-7-13-25)40(37,38)26-18-16-23(17-19-26)30(36)34(21-24-11-8-9-20-32-24)31-33-29-27(22(2)3)14-10-15-28(29)39-31/h8-11,14-20,22,25H,4-7,12-13,21H2,1-3H3. The molecule has 2 heterocycles. The summed E-state index contributed by atoms with van der Waals surface area (Å²) in [5, 5.41) is 0.588. The first-order valence-corrected chi connectivity index (χ1v) is 16.3. The number of thiazole rings is 1. The first-order chi connectivity index (χ1) is 19.3. The highest BCUT2D eigenvalue weighted by Crippen LogP contribution is 2.35. The summed E-state index contributed by atoms with van der Waals surface area (Å²) in [6.45, 7) is 6.84. The molecule has 9 heteroatoms. The second kappa shape index (κ2) is 12.2. The SMILES string of the molecule is CCN(C1CCCCC1)S(=O)(=O)c1ccc(C(=O)N(Cc2ccccn2)c2nc3c(C(C)C)cccc3s2)cc1. The molecule has 2 aromatic carbocycles. The first kappa shape index (κ1) is 28.4. The van der Waals surface area contributed by atoms with Crippen LogP contribution in [0.4, 0.5) is 5.13 Å². The van der Waals surface area contributed by atoms with Gasteiger partial charge in [-0.1, -0.05) is 69.6 Å². The average Bonchev–Trinajstić information content (AvgIpc) is 3.41. The van der Waals surface area contributed by atoms with Gasteiger partial charge in [0.25, 0.3) is 5.91 Å². The van der Waals surface area contributed by atoms with E-state index in [0.717, 1.165) is 53.6 Å². The van der Waals surface area contributed by atoms with Gasteiger partial charge in [-0.05, 0) is 66.8 Å². The fourth-order valence-electron chi connectivity index (χ4n) is 5.47. The van der Waals surface area contributed by atoms with Gasteiger partial charge in [0.15, 0.2) is 5.13 Å². The molecule has 0 spiro atoms. The maximum Gasteiger partial charge on any atom is 0.260 e. The molecule has 0 aliphatic heterocycles. The molecule has 1 aliphatic rings. The van der Waals surface area contributed by atoms with Gasteiger partial charge in [0, 0.05) is 24.3 Å². The highest BCUT2D eigenvalue weighted by molar-refractivity contribution is 7.89. The lowest BCUT2D eigenvalue weighted by atomic mass is 9.95. The zero-order valence-corrected chi connectivity index (χ0v) is 24.9. The van der Waals surface area contributed by atoms with Crippen LogP contribution in [0, 0.1) is 0 Å². The third kappa shape index (κ3) is 5.82. The normalized spacial score (nSPS) is 14.7. The summed E-state index contributed by atoms with van der Waals surface area (Å²) in [4.78, 5) is 25.2. The minimum atomic E-state index is -3.66. The fraction of sp³-hybridized carbons (Fsp3) is 0.387. The second-order valence-corrected chi connectivity index (χ2v) is 13.5. The van der Waals surface area contributed by atoms with Crippen LogP contribution in [0.3, 0.4) is 0 Å². The Labute approximate surface area is 240 Å². The van der Waals surface area contributed by atoms with Gasteiger partial charge >= 0.3 is 0 Å². The summed E-state index contributed by atoms with van der Waals surface area (Å²) < 4.78 is 29.7. The Hall–Kier alpha value is -3.14. The molecule has 0 unspecified atom stereocenters. The van der Waals surface area contributed by atoms with Crippen LogP contribution in [0.15, 0.2) is 71.8 Å². The molecular formula is C31H36N4O3S2. The quantitative estimate of drug-likeness (QED) is 0.214. The van der Waals surface area contributed by atoms with Gasteiger partial charge in [0.05, 0.1) is 27.4 Å². The number of benzene rings is 2. The number of anilines is 1. The summed E-state index contributed by atoms with van der Waals surface area (Å²) >= 11 is 1.47. The number of carbonyl (C=O) groups excluding carboxylic acids is 1. The number of rotatable bonds is 9. The number of pyridine rings is 1. The van der Waals surface area contributed by atoms with E-state index in [-0.39, 0.29) is 23.4 Å². The van der Waals surface area contributed by atoms with Crippen molar-refractivity contribution in [3.05, 3.63) is 83.7 Å². The summed E-state index contributed by atoms with van der Waals surface area (Å²) in [5.41, 5.74) is 3.18. The van der Waals surface area contributed by atoms with E-state index in [1.54, 1.807) is 39.7 Å². The van der Waals surface area contributed by atoms with Crippen molar-refractivity contribution in [2.24, 2.45) is 0 Å². The first-order valence-electron chi connectivity index (χ1n) is 14.0. The zero-order chi connectivity index (χ0) is 28.3. The lowest BCUT2D eigenvalue weighted by Gasteiger charge is -2.32. The molecule has 1 aliphatic carbocycles. The third-order valence-corrected chi connectivity index (χ3v) is 10.7. The van der Waals surface area contributed by atoms with Crippen LogP contribution in [0.25, 0.3) is 10.2 Å². The molecule has 0 atom stereocenters. The monoisotopic (exact) mass is 576 g/mol. The molecule has 0 radical (unpaired) electrons. The molecule has 1 amide bonds. The number of hydrogen-bond acceptors (Lipinski definition) is 6. The van der Waals surface area contributed by atoms with Crippen molar-refractivity contribution in [3.63, 3.8) is 0 Å². The Kier molecular flexibility index (Phi) is 8.63. The Morgan fingerprint density at radius 2 is 1.75 bits per heavy atom. The molecule has 4 aromatic rings. The van der Waals surface area contributed by atoms with Gasteiger partial charge in [0.1, 0.15) is 0 Å². The largest absolute Gasteiger partial charge is 0.278 e. The molecule has 5 rings (SSSR count). The zero-order valence-electron chi connectivity index (χ0n) is 23.3. The number of para-hydroxylation sites is 1. The Morgan fingerprint density at radius 1 is 1.00 bits per heavy atom. The van der Waals surface area contributed by atoms with E-state index in [9.17, 15) is 13.2 Å². The van der Waals surface area contributed by atoms with Crippen LogP contribution in [0.5, 0.6) is 0 Å². The number of nitrogens with zero attached hydrogens (tertiary/aromatic N) is 4. The van der Waals surface area contributed by atoms with Gasteiger partial charge in [-0.25, -0.2) is 13.4 Å². The highest BCUT2D eigenvalue weighted by Gasteiger charge is 2.31. The Bertz CT molecular complexity index is 1560. The maximum absolute atomic E-state index is 13.9. The van der Waals surface area contributed by atoms with Crippen LogP contribution in [-0.2, 0) is 16.6 Å². The maximum atomic E-state index is 13.9. The van der Waals surface area contributed by atoms with Gasteiger partial charge in [-0.2, -0.15) is 4.31 Å². The highest BCUT2D eigenvalue weighted by atomic mass is 32.2. The number of fused-ring (bicyclic) bond motifs is 1. The molecule has 210 valence electrons. The number of amides is 1. The van der Waals surface area contributed by atoms with E-state index in [2.05, 4.69) is 24.9 Å². The predicted octanol–water partition coefficient (Wildman–Crippen LogP) is 7.01. The number of carbonyl (C=O) groups is 1. The molecule has 1 saturated carbocycles. The molecule has 0 saturated heterocycles. The van der Waals surface area contributed by atoms with Gasteiger partial charge in [0.2, 0.25) is 10.0 Å². The van der Waals surface area contributed by atoms with E-state index in [4.69, 9.17) is 4.98 Å². The van der Waals surface area contributed by atoms with Crippen molar-refractivity contribution in [1.82, 2.24) is 14.3 Å². The van der Waals surface area contributed by atoms with Crippen molar-refractivity contribution >= 4 is 42.6 Å². The van der Waals surface area contributed by atoms with E-state index >= 15 is 0 Å². The lowest BCUT2D eigenvalue weighted by molar-refractivity contribution is 0.0984. The molecule has 40 heavy (non-hydrogen) atoms. The molecular weight excluding hydrogens is 541 g/mol.